The summed E-state index contributed by atoms with van der Waals surface area (Å²) in [6.07, 6.45) is 3.80. The second-order valence-electron chi connectivity index (χ2n) is 4.57. The van der Waals surface area contributed by atoms with Crippen LogP contribution in [0.4, 0.5) is 8.78 Å². The van der Waals surface area contributed by atoms with Gasteiger partial charge in [0.25, 0.3) is 0 Å². The molecule has 0 aliphatic carbocycles. The first-order valence-corrected chi connectivity index (χ1v) is 6.94. The van der Waals surface area contributed by atoms with E-state index in [1.165, 1.54) is 0 Å². The molecule has 0 saturated heterocycles. The van der Waals surface area contributed by atoms with Crippen LogP contribution in [0.3, 0.4) is 0 Å². The highest BCUT2D eigenvalue weighted by atomic mass is 19.3. The van der Waals surface area contributed by atoms with Crippen molar-refractivity contribution in [2.24, 2.45) is 0 Å². The molecule has 6 heteroatoms. The van der Waals surface area contributed by atoms with Crippen LogP contribution in [0.25, 0.3) is 0 Å². The molecule has 0 saturated carbocycles. The lowest BCUT2D eigenvalue weighted by molar-refractivity contribution is -0.0498. The van der Waals surface area contributed by atoms with Crippen LogP contribution < -0.4 is 10.1 Å². The number of hydrogen-bond donors (Lipinski definition) is 1. The molecule has 1 aromatic heterocycles. The average molecular weight is 295 g/mol. The Morgan fingerprint density at radius 2 is 1.90 bits per heavy atom. The molecule has 0 aliphatic rings. The Balaban J connectivity index is 2.21. The van der Waals surface area contributed by atoms with Crippen molar-refractivity contribution in [3.05, 3.63) is 47.8 Å². The van der Waals surface area contributed by atoms with Crippen molar-refractivity contribution in [1.82, 2.24) is 15.1 Å². The molecule has 0 radical (unpaired) electrons. The molecule has 0 bridgehead atoms. The number of aryl methyl sites for hydroxylation is 1. The number of nitrogens with zero attached hydrogens (tertiary/aromatic N) is 2. The predicted molar refractivity (Wildman–Crippen MR) is 76.5 cm³/mol. The molecule has 1 N–H and O–H groups in total. The third-order valence-electron chi connectivity index (χ3n) is 3.16. The fourth-order valence-corrected chi connectivity index (χ4v) is 2.18. The van der Waals surface area contributed by atoms with Crippen LogP contribution in [0, 0.1) is 0 Å². The number of benzene rings is 1. The standard InChI is InChI=1S/C15H19F2N3O/c1-3-18-14(12-9-19-20(4-2)10-12)11-5-7-13(8-6-11)21-15(16)17/h5-10,14-15,18H,3-4H2,1-2H3. The van der Waals surface area contributed by atoms with Gasteiger partial charge in [-0.25, -0.2) is 0 Å². The molecule has 0 spiro atoms. The molecule has 0 amide bonds. The fraction of sp³-hybridized carbons (Fsp3) is 0.400. The van der Waals surface area contributed by atoms with Gasteiger partial charge in [-0.15, -0.1) is 0 Å². The van der Waals surface area contributed by atoms with Gasteiger partial charge >= 0.3 is 6.61 Å². The minimum absolute atomic E-state index is 0.0177. The van der Waals surface area contributed by atoms with Crippen LogP contribution in [0.2, 0.25) is 0 Å². The first-order chi connectivity index (χ1) is 10.1. The van der Waals surface area contributed by atoms with Gasteiger partial charge in [0.2, 0.25) is 0 Å². The monoisotopic (exact) mass is 295 g/mol. The highest BCUT2D eigenvalue weighted by Gasteiger charge is 2.15. The molecular formula is C15H19F2N3O. The molecular weight excluding hydrogens is 276 g/mol. The highest BCUT2D eigenvalue weighted by Crippen LogP contribution is 2.24. The number of halogens is 2. The quantitative estimate of drug-likeness (QED) is 0.852. The van der Waals surface area contributed by atoms with E-state index in [0.29, 0.717) is 0 Å². The zero-order valence-electron chi connectivity index (χ0n) is 12.1. The number of rotatable bonds is 7. The number of hydrogen-bond acceptors (Lipinski definition) is 3. The van der Waals surface area contributed by atoms with Crippen LogP contribution in [0.15, 0.2) is 36.7 Å². The Morgan fingerprint density at radius 3 is 2.43 bits per heavy atom. The number of alkyl halides is 2. The van der Waals surface area contributed by atoms with E-state index in [4.69, 9.17) is 0 Å². The summed E-state index contributed by atoms with van der Waals surface area (Å²) in [5, 5.41) is 7.64. The van der Waals surface area contributed by atoms with Crippen molar-refractivity contribution in [1.29, 1.82) is 0 Å². The normalized spacial score (nSPS) is 12.6. The van der Waals surface area contributed by atoms with E-state index in [9.17, 15) is 8.78 Å². The summed E-state index contributed by atoms with van der Waals surface area (Å²) in [6.45, 7) is 2.83. The molecule has 2 aromatic rings. The van der Waals surface area contributed by atoms with Crippen LogP contribution >= 0.6 is 0 Å². The van der Waals surface area contributed by atoms with Gasteiger partial charge in [0.1, 0.15) is 5.75 Å². The molecule has 21 heavy (non-hydrogen) atoms. The molecule has 0 fully saturated rings. The molecule has 4 nitrogen and oxygen atoms in total. The molecule has 2 rings (SSSR count). The third kappa shape index (κ3) is 4.01. The zero-order valence-corrected chi connectivity index (χ0v) is 12.1. The van der Waals surface area contributed by atoms with Crippen LogP contribution in [0.5, 0.6) is 5.75 Å². The van der Waals surface area contributed by atoms with Gasteiger partial charge in [0.05, 0.1) is 12.2 Å². The smallest absolute Gasteiger partial charge is 0.387 e. The van der Waals surface area contributed by atoms with Crippen LogP contribution in [-0.2, 0) is 6.54 Å². The SMILES string of the molecule is CCNC(c1ccc(OC(F)F)cc1)c1cnn(CC)c1. The Labute approximate surface area is 122 Å². The Kier molecular flexibility index (Phi) is 5.27. The average Bonchev–Trinajstić information content (AvgIpc) is 2.94. The van der Waals surface area contributed by atoms with Gasteiger partial charge in [0.15, 0.2) is 0 Å². The predicted octanol–water partition coefficient (Wildman–Crippen LogP) is 3.20. The first kappa shape index (κ1) is 15.4. The van der Waals surface area contributed by atoms with Gasteiger partial charge in [-0.3, -0.25) is 4.68 Å². The maximum atomic E-state index is 12.2. The molecule has 114 valence electrons. The largest absolute Gasteiger partial charge is 0.435 e. The summed E-state index contributed by atoms with van der Waals surface area (Å²) in [4.78, 5) is 0. The topological polar surface area (TPSA) is 39.1 Å². The van der Waals surface area contributed by atoms with E-state index in [1.54, 1.807) is 24.3 Å². The van der Waals surface area contributed by atoms with Crippen molar-refractivity contribution >= 4 is 0 Å². The Hall–Kier alpha value is -1.95. The number of aromatic nitrogens is 2. The lowest BCUT2D eigenvalue weighted by Crippen LogP contribution is -2.21. The van der Waals surface area contributed by atoms with Crippen LogP contribution in [-0.4, -0.2) is 22.9 Å². The fourth-order valence-electron chi connectivity index (χ4n) is 2.18. The summed E-state index contributed by atoms with van der Waals surface area (Å²) >= 11 is 0. The van der Waals surface area contributed by atoms with Crippen LogP contribution in [0.1, 0.15) is 31.0 Å². The summed E-state index contributed by atoms with van der Waals surface area (Å²) in [5.41, 5.74) is 2.02. The molecule has 1 unspecified atom stereocenters. The lowest BCUT2D eigenvalue weighted by atomic mass is 10.0. The second-order valence-corrected chi connectivity index (χ2v) is 4.57. The third-order valence-corrected chi connectivity index (χ3v) is 3.16. The molecule has 1 heterocycles. The lowest BCUT2D eigenvalue weighted by Gasteiger charge is -2.17. The van der Waals surface area contributed by atoms with Gasteiger partial charge in [-0.05, 0) is 31.2 Å². The van der Waals surface area contributed by atoms with Gasteiger partial charge < -0.3 is 10.1 Å². The van der Waals surface area contributed by atoms with E-state index in [-0.39, 0.29) is 11.8 Å². The van der Waals surface area contributed by atoms with E-state index < -0.39 is 6.61 Å². The highest BCUT2D eigenvalue weighted by molar-refractivity contribution is 5.34. The van der Waals surface area contributed by atoms with Crippen molar-refractivity contribution in [3.63, 3.8) is 0 Å². The van der Waals surface area contributed by atoms with Gasteiger partial charge in [-0.1, -0.05) is 19.1 Å². The molecule has 1 atom stereocenters. The minimum Gasteiger partial charge on any atom is -0.435 e. The zero-order chi connectivity index (χ0) is 15.2. The number of nitrogens with one attached hydrogen (secondary N) is 1. The first-order valence-electron chi connectivity index (χ1n) is 6.94. The Bertz CT molecular complexity index is 554. The second kappa shape index (κ2) is 7.17. The van der Waals surface area contributed by atoms with E-state index in [2.05, 4.69) is 15.2 Å². The summed E-state index contributed by atoms with van der Waals surface area (Å²) in [5.74, 6) is 0.160. The number of ether oxygens (including phenoxy) is 1. The van der Waals surface area contributed by atoms with Crippen molar-refractivity contribution < 1.29 is 13.5 Å². The maximum absolute atomic E-state index is 12.2. The molecule has 0 aliphatic heterocycles. The molecule has 1 aromatic carbocycles. The van der Waals surface area contributed by atoms with Crippen molar-refractivity contribution in [2.45, 2.75) is 33.0 Å². The van der Waals surface area contributed by atoms with Crippen molar-refractivity contribution in [3.8, 4) is 5.75 Å². The van der Waals surface area contributed by atoms with Gasteiger partial charge in [0, 0.05) is 18.3 Å². The summed E-state index contributed by atoms with van der Waals surface area (Å²) in [7, 11) is 0. The van der Waals surface area contributed by atoms with E-state index >= 15 is 0 Å². The van der Waals surface area contributed by atoms with E-state index in [1.807, 2.05) is 30.9 Å². The Morgan fingerprint density at radius 1 is 1.19 bits per heavy atom. The summed E-state index contributed by atoms with van der Waals surface area (Å²) < 4.78 is 30.5. The minimum atomic E-state index is -2.80. The summed E-state index contributed by atoms with van der Waals surface area (Å²) in [6, 6.07) is 6.66. The van der Waals surface area contributed by atoms with Crippen molar-refractivity contribution in [2.75, 3.05) is 6.54 Å². The van der Waals surface area contributed by atoms with Gasteiger partial charge in [-0.2, -0.15) is 13.9 Å². The van der Waals surface area contributed by atoms with E-state index in [0.717, 1.165) is 24.2 Å². The maximum Gasteiger partial charge on any atom is 0.387 e.